The number of carbonyl (C=O) groups is 1. The summed E-state index contributed by atoms with van der Waals surface area (Å²) in [5.41, 5.74) is 6.66. The fraction of sp³-hybridized carbons (Fsp3) is 0.348. The number of para-hydroxylation sites is 1. The molecule has 31 heavy (non-hydrogen) atoms. The van der Waals surface area contributed by atoms with E-state index in [0.29, 0.717) is 41.4 Å². The largest absolute Gasteiger partial charge is 0.490 e. The van der Waals surface area contributed by atoms with Crippen LogP contribution < -0.4 is 26.1 Å². The van der Waals surface area contributed by atoms with E-state index in [1.165, 1.54) is 4.57 Å². The van der Waals surface area contributed by atoms with Gasteiger partial charge in [-0.1, -0.05) is 18.2 Å². The van der Waals surface area contributed by atoms with Gasteiger partial charge in [-0.2, -0.15) is 0 Å². The Balaban J connectivity index is 1.87. The lowest BCUT2D eigenvalue weighted by Gasteiger charge is -2.19. The van der Waals surface area contributed by atoms with Crippen LogP contribution in [0.5, 0.6) is 11.5 Å². The van der Waals surface area contributed by atoms with Crippen molar-refractivity contribution < 1.29 is 14.3 Å². The van der Waals surface area contributed by atoms with Crippen molar-refractivity contribution in [2.75, 3.05) is 13.2 Å². The van der Waals surface area contributed by atoms with Crippen molar-refractivity contribution in [3.8, 4) is 11.5 Å². The number of nitrogens with two attached hydrogens (primary N) is 1. The molecule has 0 unspecified atom stereocenters. The Bertz CT molecular complexity index is 1130. The summed E-state index contributed by atoms with van der Waals surface area (Å²) in [7, 11) is 0. The second-order valence-corrected chi connectivity index (χ2v) is 7.08. The second kappa shape index (κ2) is 10.1. The number of nitrogens with zero attached hydrogens (tertiary/aromatic N) is 2. The molecule has 8 heteroatoms. The van der Waals surface area contributed by atoms with Gasteiger partial charge in [0.15, 0.2) is 11.5 Å². The van der Waals surface area contributed by atoms with Crippen molar-refractivity contribution in [1.82, 2.24) is 14.9 Å². The van der Waals surface area contributed by atoms with Crippen molar-refractivity contribution in [2.45, 2.75) is 39.9 Å². The Morgan fingerprint density at radius 3 is 2.55 bits per heavy atom. The number of rotatable bonds is 10. The zero-order valence-electron chi connectivity index (χ0n) is 18.1. The van der Waals surface area contributed by atoms with Crippen molar-refractivity contribution in [1.29, 1.82) is 0 Å². The average Bonchev–Trinajstić information content (AvgIpc) is 2.75. The minimum Gasteiger partial charge on any atom is -0.490 e. The summed E-state index contributed by atoms with van der Waals surface area (Å²) >= 11 is 0. The molecule has 2 aromatic carbocycles. The van der Waals surface area contributed by atoms with Gasteiger partial charge < -0.3 is 20.5 Å². The van der Waals surface area contributed by atoms with Crippen LogP contribution in [0.1, 0.15) is 38.2 Å². The SMILES string of the molecule is CCOc1ccc([C@H](C)NCc2nc3ccccc3c(=O)n2CC(N)=O)cc1OCC. The van der Waals surface area contributed by atoms with Gasteiger partial charge in [-0.15, -0.1) is 0 Å². The number of benzene rings is 2. The molecule has 3 N–H and O–H groups in total. The third-order valence-corrected chi connectivity index (χ3v) is 4.89. The fourth-order valence-electron chi connectivity index (χ4n) is 3.37. The summed E-state index contributed by atoms with van der Waals surface area (Å²) in [6.07, 6.45) is 0. The number of fused-ring (bicyclic) bond motifs is 1. The van der Waals surface area contributed by atoms with E-state index in [2.05, 4.69) is 10.3 Å². The topological polar surface area (TPSA) is 108 Å². The maximum absolute atomic E-state index is 12.9. The Morgan fingerprint density at radius 2 is 1.84 bits per heavy atom. The molecule has 3 rings (SSSR count). The summed E-state index contributed by atoms with van der Waals surface area (Å²) in [5.74, 6) is 1.24. The minimum atomic E-state index is -0.596. The summed E-state index contributed by atoms with van der Waals surface area (Å²) in [6.45, 7) is 7.00. The van der Waals surface area contributed by atoms with E-state index >= 15 is 0 Å². The number of hydrogen-bond donors (Lipinski definition) is 2. The van der Waals surface area contributed by atoms with Gasteiger partial charge in [0.05, 0.1) is 30.7 Å². The van der Waals surface area contributed by atoms with Crippen molar-refractivity contribution in [3.63, 3.8) is 0 Å². The molecule has 0 aliphatic heterocycles. The smallest absolute Gasteiger partial charge is 0.261 e. The number of amides is 1. The molecule has 8 nitrogen and oxygen atoms in total. The molecular weight excluding hydrogens is 396 g/mol. The molecule has 0 saturated heterocycles. The standard InChI is InChI=1S/C23H28N4O4/c1-4-30-19-11-10-16(12-20(19)31-5-2)15(3)25-13-22-26-18-9-7-6-8-17(18)23(29)27(22)14-21(24)28/h6-12,15,25H,4-5,13-14H2,1-3H3,(H2,24,28)/t15-/m0/s1. The molecule has 1 heterocycles. The summed E-state index contributed by atoms with van der Waals surface area (Å²) in [4.78, 5) is 29.0. The number of ether oxygens (including phenoxy) is 2. The molecule has 1 aromatic heterocycles. The van der Waals surface area contributed by atoms with Gasteiger partial charge in [-0.3, -0.25) is 14.2 Å². The number of primary amides is 1. The predicted molar refractivity (Wildman–Crippen MR) is 119 cm³/mol. The number of hydrogen-bond acceptors (Lipinski definition) is 6. The first-order chi connectivity index (χ1) is 14.9. The van der Waals surface area contributed by atoms with Crippen LogP contribution in [0.3, 0.4) is 0 Å². The Kier molecular flexibility index (Phi) is 7.25. The van der Waals surface area contributed by atoms with E-state index in [1.807, 2.05) is 45.0 Å². The molecule has 164 valence electrons. The highest BCUT2D eigenvalue weighted by Gasteiger charge is 2.15. The molecule has 3 aromatic rings. The molecule has 0 aliphatic rings. The molecule has 0 fully saturated rings. The third kappa shape index (κ3) is 5.21. The molecular formula is C23H28N4O4. The van der Waals surface area contributed by atoms with Gasteiger partial charge >= 0.3 is 0 Å². The minimum absolute atomic E-state index is 0.0692. The van der Waals surface area contributed by atoms with E-state index in [9.17, 15) is 9.59 Å². The van der Waals surface area contributed by atoms with Crippen LogP contribution >= 0.6 is 0 Å². The summed E-state index contributed by atoms with van der Waals surface area (Å²) in [5, 5.41) is 3.82. The van der Waals surface area contributed by atoms with Gasteiger partial charge in [-0.25, -0.2) is 4.98 Å². The van der Waals surface area contributed by atoms with Gasteiger partial charge in [0, 0.05) is 6.04 Å². The third-order valence-electron chi connectivity index (χ3n) is 4.89. The van der Waals surface area contributed by atoms with E-state index in [4.69, 9.17) is 15.2 Å². The van der Waals surface area contributed by atoms with Crippen LogP contribution in [0.2, 0.25) is 0 Å². The van der Waals surface area contributed by atoms with Crippen LogP contribution in [0, 0.1) is 0 Å². The lowest BCUT2D eigenvalue weighted by Crippen LogP contribution is -2.33. The maximum Gasteiger partial charge on any atom is 0.261 e. The van der Waals surface area contributed by atoms with E-state index < -0.39 is 5.91 Å². The van der Waals surface area contributed by atoms with Crippen LogP contribution in [-0.4, -0.2) is 28.7 Å². The molecule has 1 amide bonds. The predicted octanol–water partition coefficient (Wildman–Crippen LogP) is 2.53. The van der Waals surface area contributed by atoms with Crippen LogP contribution in [0.4, 0.5) is 0 Å². The first-order valence-corrected chi connectivity index (χ1v) is 10.3. The summed E-state index contributed by atoms with van der Waals surface area (Å²) in [6, 6.07) is 12.8. The van der Waals surface area contributed by atoms with Crippen LogP contribution in [-0.2, 0) is 17.9 Å². The number of carbonyl (C=O) groups excluding carboxylic acids is 1. The molecule has 0 bridgehead atoms. The molecule has 0 aliphatic carbocycles. The molecule has 1 atom stereocenters. The molecule has 0 spiro atoms. The van der Waals surface area contributed by atoms with E-state index in [1.54, 1.807) is 18.2 Å². The normalized spacial score (nSPS) is 12.0. The van der Waals surface area contributed by atoms with Gasteiger partial charge in [0.2, 0.25) is 5.91 Å². The Labute approximate surface area is 181 Å². The van der Waals surface area contributed by atoms with Crippen molar-refractivity contribution in [3.05, 3.63) is 64.2 Å². The number of nitrogens with one attached hydrogen (secondary N) is 1. The monoisotopic (exact) mass is 424 g/mol. The van der Waals surface area contributed by atoms with Crippen LogP contribution in [0.15, 0.2) is 47.3 Å². The first kappa shape index (κ1) is 22.3. The molecule has 0 saturated carbocycles. The zero-order chi connectivity index (χ0) is 22.4. The number of aromatic nitrogens is 2. The van der Waals surface area contributed by atoms with Gasteiger partial charge in [0.25, 0.3) is 5.56 Å². The lowest BCUT2D eigenvalue weighted by atomic mass is 10.1. The Hall–Kier alpha value is -3.39. The average molecular weight is 425 g/mol. The van der Waals surface area contributed by atoms with Crippen molar-refractivity contribution >= 4 is 16.8 Å². The highest BCUT2D eigenvalue weighted by atomic mass is 16.5. The van der Waals surface area contributed by atoms with Crippen molar-refractivity contribution in [2.24, 2.45) is 5.73 Å². The highest BCUT2D eigenvalue weighted by molar-refractivity contribution is 5.78. The lowest BCUT2D eigenvalue weighted by molar-refractivity contribution is -0.118. The van der Waals surface area contributed by atoms with Crippen LogP contribution in [0.25, 0.3) is 10.9 Å². The van der Waals surface area contributed by atoms with E-state index in [-0.39, 0.29) is 24.7 Å². The van der Waals surface area contributed by atoms with E-state index in [0.717, 1.165) is 5.56 Å². The fourth-order valence-corrected chi connectivity index (χ4v) is 3.37. The highest BCUT2D eigenvalue weighted by Crippen LogP contribution is 2.30. The van der Waals surface area contributed by atoms with Gasteiger partial charge in [-0.05, 0) is 50.6 Å². The zero-order valence-corrected chi connectivity index (χ0v) is 18.1. The Morgan fingerprint density at radius 1 is 1.13 bits per heavy atom. The quantitative estimate of drug-likeness (QED) is 0.518. The first-order valence-electron chi connectivity index (χ1n) is 10.3. The second-order valence-electron chi connectivity index (χ2n) is 7.08. The maximum atomic E-state index is 12.9. The summed E-state index contributed by atoms with van der Waals surface area (Å²) < 4.78 is 12.7. The van der Waals surface area contributed by atoms with Gasteiger partial charge in [0.1, 0.15) is 12.4 Å². The molecule has 0 radical (unpaired) electrons.